The van der Waals surface area contributed by atoms with Gasteiger partial charge < -0.3 is 14.5 Å². The first kappa shape index (κ1) is 22.9. The fourth-order valence-electron chi connectivity index (χ4n) is 1.23. The molecule has 0 heterocycles. The van der Waals surface area contributed by atoms with Gasteiger partial charge in [-0.3, -0.25) is 0 Å². The summed E-state index contributed by atoms with van der Waals surface area (Å²) in [6.07, 6.45) is 0.323. The molecule has 110 valence electrons. The smallest absolute Gasteiger partial charge is 0.256 e. The van der Waals surface area contributed by atoms with Crippen molar-refractivity contribution in [3.8, 4) is 6.07 Å². The third-order valence-electron chi connectivity index (χ3n) is 1.68. The van der Waals surface area contributed by atoms with Crippen LogP contribution in [0.2, 0.25) is 0 Å². The molecule has 6 heteroatoms. The van der Waals surface area contributed by atoms with Crippen LogP contribution in [0.3, 0.4) is 0 Å². The van der Waals surface area contributed by atoms with Gasteiger partial charge >= 0.3 is 0 Å². The summed E-state index contributed by atoms with van der Waals surface area (Å²) in [5.41, 5.74) is 0. The zero-order valence-corrected chi connectivity index (χ0v) is 13.6. The van der Waals surface area contributed by atoms with Crippen LogP contribution < -0.4 is 0 Å². The van der Waals surface area contributed by atoms with Crippen LogP contribution in [0, 0.1) is 11.3 Å². The molecular weight excluding hydrogens is 251 g/mol. The van der Waals surface area contributed by atoms with Gasteiger partial charge in [-0.2, -0.15) is 5.26 Å². The largest absolute Gasteiger partial charge is 0.400 e. The van der Waals surface area contributed by atoms with Gasteiger partial charge in [-0.05, 0) is 27.7 Å². The molecule has 0 aliphatic heterocycles. The number of nitrogens with zero attached hydrogens (tertiary/aromatic N) is 2. The molecule has 5 nitrogen and oxygen atoms in total. The van der Waals surface area contributed by atoms with E-state index < -0.39 is 8.53 Å². The Bertz CT molecular complexity index is 188. The molecule has 0 radical (unpaired) electrons. The molecule has 18 heavy (non-hydrogen) atoms. The third-order valence-corrected chi connectivity index (χ3v) is 3.41. The molecule has 0 saturated carbocycles. The minimum atomic E-state index is -1.55. The Morgan fingerprint density at radius 1 is 1.17 bits per heavy atom. The highest BCUT2D eigenvalue weighted by molar-refractivity contribution is 7.43. The number of nitriles is 1. The Morgan fingerprint density at radius 2 is 1.56 bits per heavy atom. The normalized spacial score (nSPS) is 11.3. The van der Waals surface area contributed by atoms with Gasteiger partial charge in [-0.1, -0.05) is 13.8 Å². The van der Waals surface area contributed by atoms with Crippen LogP contribution in [0.25, 0.3) is 0 Å². The van der Waals surface area contributed by atoms with Gasteiger partial charge in [0.15, 0.2) is 0 Å². The van der Waals surface area contributed by atoms with Crippen molar-refractivity contribution < 1.29 is 14.5 Å². The first-order valence-electron chi connectivity index (χ1n) is 6.22. The molecule has 0 aromatic rings. The van der Waals surface area contributed by atoms with E-state index in [1.54, 1.807) is 0 Å². The van der Waals surface area contributed by atoms with E-state index in [1.165, 1.54) is 0 Å². The fourth-order valence-corrected chi connectivity index (χ4v) is 2.41. The molecule has 0 amide bonds. The minimum Gasteiger partial charge on any atom is -0.400 e. The fraction of sp³-hybridized carbons (Fsp3) is 0.917. The van der Waals surface area contributed by atoms with Crippen molar-refractivity contribution in [2.75, 3.05) is 13.7 Å². The van der Waals surface area contributed by atoms with Crippen molar-refractivity contribution in [1.29, 1.82) is 5.26 Å². The van der Waals surface area contributed by atoms with Gasteiger partial charge in [-0.25, -0.2) is 4.67 Å². The Hall–Kier alpha value is -0.240. The summed E-state index contributed by atoms with van der Waals surface area (Å²) in [5.74, 6) is 0. The first-order chi connectivity index (χ1) is 8.50. The second-order valence-corrected chi connectivity index (χ2v) is 4.79. The molecule has 0 fully saturated rings. The molecular formula is C12H29N2O3P. The number of aliphatic hydroxyl groups excluding tert-OH is 1. The summed E-state index contributed by atoms with van der Waals surface area (Å²) in [5, 5.41) is 15.3. The Kier molecular flexibility index (Phi) is 21.3. The topological polar surface area (TPSA) is 76.7 Å². The molecule has 0 bridgehead atoms. The summed E-state index contributed by atoms with van der Waals surface area (Å²) in [4.78, 5) is 9.74. The molecule has 0 aromatic heterocycles. The van der Waals surface area contributed by atoms with Crippen LogP contribution in [0.4, 0.5) is 0 Å². The van der Waals surface area contributed by atoms with Gasteiger partial charge in [0.2, 0.25) is 0 Å². The van der Waals surface area contributed by atoms with E-state index in [0.29, 0.717) is 13.0 Å². The molecule has 0 saturated heterocycles. The van der Waals surface area contributed by atoms with E-state index in [0.717, 1.165) is 7.11 Å². The lowest BCUT2D eigenvalue weighted by atomic mass is 10.3. The monoisotopic (exact) mass is 280 g/mol. The molecule has 1 unspecified atom stereocenters. The molecule has 0 aliphatic rings. The maximum Gasteiger partial charge on any atom is 0.256 e. The average Bonchev–Trinajstić information content (AvgIpc) is 2.33. The molecule has 0 rings (SSSR count). The van der Waals surface area contributed by atoms with Gasteiger partial charge in [0, 0.05) is 19.2 Å². The van der Waals surface area contributed by atoms with Crippen LogP contribution in [-0.2, 0) is 4.52 Å². The summed E-state index contributed by atoms with van der Waals surface area (Å²) in [7, 11) is -0.552. The average molecular weight is 280 g/mol. The van der Waals surface area contributed by atoms with E-state index in [-0.39, 0.29) is 12.1 Å². The van der Waals surface area contributed by atoms with Crippen molar-refractivity contribution in [2.24, 2.45) is 0 Å². The lowest BCUT2D eigenvalue weighted by Crippen LogP contribution is -2.32. The van der Waals surface area contributed by atoms with Gasteiger partial charge in [0.25, 0.3) is 8.53 Å². The van der Waals surface area contributed by atoms with Crippen LogP contribution >= 0.6 is 8.53 Å². The van der Waals surface area contributed by atoms with E-state index in [4.69, 9.17) is 14.9 Å². The predicted molar refractivity (Wildman–Crippen MR) is 76.9 cm³/mol. The maximum absolute atomic E-state index is 9.74. The second-order valence-electron chi connectivity index (χ2n) is 3.56. The van der Waals surface area contributed by atoms with Crippen molar-refractivity contribution in [3.05, 3.63) is 0 Å². The van der Waals surface area contributed by atoms with Crippen LogP contribution in [0.15, 0.2) is 0 Å². The lowest BCUT2D eigenvalue weighted by Gasteiger charge is -2.32. The van der Waals surface area contributed by atoms with Gasteiger partial charge in [0.1, 0.15) is 0 Å². The second kappa shape index (κ2) is 16.8. The molecule has 2 N–H and O–H groups in total. The van der Waals surface area contributed by atoms with Crippen molar-refractivity contribution >= 4 is 8.53 Å². The molecule has 0 aromatic carbocycles. The predicted octanol–water partition coefficient (Wildman–Crippen LogP) is 2.89. The van der Waals surface area contributed by atoms with Crippen molar-refractivity contribution in [3.63, 3.8) is 0 Å². The number of aliphatic hydroxyl groups is 1. The lowest BCUT2D eigenvalue weighted by molar-refractivity contribution is 0.215. The summed E-state index contributed by atoms with van der Waals surface area (Å²) >= 11 is 0. The van der Waals surface area contributed by atoms with E-state index in [9.17, 15) is 4.89 Å². The summed E-state index contributed by atoms with van der Waals surface area (Å²) in [6.45, 7) is 12.4. The maximum atomic E-state index is 9.74. The third kappa shape index (κ3) is 12.2. The van der Waals surface area contributed by atoms with Gasteiger partial charge in [-0.15, -0.1) is 0 Å². The quantitative estimate of drug-likeness (QED) is 0.578. The summed E-state index contributed by atoms with van der Waals surface area (Å²) < 4.78 is 7.10. The number of hydrogen-bond donors (Lipinski definition) is 2. The molecule has 0 aliphatic carbocycles. The van der Waals surface area contributed by atoms with E-state index >= 15 is 0 Å². The highest BCUT2D eigenvalue weighted by Crippen LogP contribution is 2.40. The Labute approximate surface area is 113 Å². The van der Waals surface area contributed by atoms with Crippen molar-refractivity contribution in [2.45, 2.75) is 60.0 Å². The van der Waals surface area contributed by atoms with E-state index in [1.807, 2.05) is 52.3 Å². The van der Waals surface area contributed by atoms with Crippen LogP contribution in [-0.4, -0.2) is 40.5 Å². The summed E-state index contributed by atoms with van der Waals surface area (Å²) in [6, 6.07) is 2.46. The van der Waals surface area contributed by atoms with Gasteiger partial charge in [0.05, 0.1) is 19.1 Å². The van der Waals surface area contributed by atoms with Crippen LogP contribution in [0.5, 0.6) is 0 Å². The number of hydrogen-bond acceptors (Lipinski definition) is 5. The zero-order chi connectivity index (χ0) is 15.1. The highest BCUT2D eigenvalue weighted by atomic mass is 31.2. The van der Waals surface area contributed by atoms with E-state index in [2.05, 4.69) is 0 Å². The number of rotatable bonds is 6. The van der Waals surface area contributed by atoms with Crippen LogP contribution in [0.1, 0.15) is 48.0 Å². The molecule has 1 atom stereocenters. The molecule has 0 spiro atoms. The Morgan fingerprint density at radius 3 is 1.83 bits per heavy atom. The van der Waals surface area contributed by atoms with Crippen molar-refractivity contribution in [1.82, 2.24) is 4.67 Å². The Balaban J connectivity index is -0.000000506. The highest BCUT2D eigenvalue weighted by Gasteiger charge is 2.23. The zero-order valence-electron chi connectivity index (χ0n) is 12.7. The SMILES string of the molecule is CC.CC(C)N(C(C)C)P(O)OCCC#N.CO. The first-order valence-corrected chi connectivity index (χ1v) is 7.39. The standard InChI is InChI=1S/C9H19N2O2P.C2H6.CH4O/c1-8(2)11(9(3)4)14(12)13-7-5-6-10;2*1-2/h8-9,12H,5,7H2,1-4H3;1-2H3;2H,1H3. The minimum absolute atomic E-state index is 0.244.